The molecule has 1 fully saturated rings. The van der Waals surface area contributed by atoms with Crippen molar-refractivity contribution < 1.29 is 24.7 Å². The third kappa shape index (κ3) is 4.14. The van der Waals surface area contributed by atoms with Gasteiger partial charge in [0.2, 0.25) is 0 Å². The zero-order valence-corrected chi connectivity index (χ0v) is 22.0. The summed E-state index contributed by atoms with van der Waals surface area (Å²) in [6.07, 6.45) is 1.40. The number of oxime groups is 1. The third-order valence-electron chi connectivity index (χ3n) is 3.81. The first-order valence-corrected chi connectivity index (χ1v) is 9.09. The summed E-state index contributed by atoms with van der Waals surface area (Å²) in [6, 6.07) is -0.944. The van der Waals surface area contributed by atoms with E-state index in [1.807, 2.05) is 0 Å². The van der Waals surface area contributed by atoms with Gasteiger partial charge in [0.1, 0.15) is 22.8 Å². The van der Waals surface area contributed by atoms with E-state index in [-0.39, 0.29) is 91.1 Å². The molecule has 0 aromatic carbocycles. The summed E-state index contributed by atoms with van der Waals surface area (Å²) in [6.45, 7) is 3.56. The van der Waals surface area contributed by atoms with Gasteiger partial charge in [-0.05, 0) is 5.57 Å². The van der Waals surface area contributed by atoms with Crippen LogP contribution in [0.5, 0.6) is 0 Å². The number of amides is 2. The van der Waals surface area contributed by atoms with Crippen LogP contribution in [0.4, 0.5) is 5.13 Å². The Balaban J connectivity index is 0.00000261. The molecule has 3 rings (SSSR count). The number of nitrogen functional groups attached to an aromatic ring is 1. The number of thiazole rings is 1. The summed E-state index contributed by atoms with van der Waals surface area (Å²) < 4.78 is 0. The fraction of sp³-hybridized carbons (Fsp3) is 0.214. The molecule has 1 saturated heterocycles. The molecule has 1 aromatic heterocycles. The maximum Gasteiger partial charge on any atom is 0.352 e. The van der Waals surface area contributed by atoms with E-state index in [0.29, 0.717) is 11.3 Å². The number of nitrogens with zero attached hydrogens (tertiary/aromatic N) is 3. The van der Waals surface area contributed by atoms with Crippen LogP contribution in [0, 0.1) is 0 Å². The first kappa shape index (κ1) is 22.5. The van der Waals surface area contributed by atoms with Gasteiger partial charge in [0, 0.05) is 80.0 Å². The molecule has 1 radical (unpaired) electrons. The molecule has 2 amide bonds. The summed E-state index contributed by atoms with van der Waals surface area (Å²) in [7, 11) is 0. The summed E-state index contributed by atoms with van der Waals surface area (Å²) in [5, 5.41) is 24.9. The van der Waals surface area contributed by atoms with Crippen LogP contribution in [0.2, 0.25) is 0 Å². The Morgan fingerprint density at radius 1 is 1.52 bits per heavy atom. The molecular formula is C14H13CsN5O5S2. The third-order valence-corrected chi connectivity index (χ3v) is 5.79. The van der Waals surface area contributed by atoms with E-state index in [4.69, 9.17) is 10.9 Å². The molecule has 0 aliphatic carbocycles. The van der Waals surface area contributed by atoms with Crippen molar-refractivity contribution in [1.29, 1.82) is 0 Å². The molecule has 5 N–H and O–H groups in total. The summed E-state index contributed by atoms with van der Waals surface area (Å²) in [5.74, 6) is -2.27. The second-order valence-electron chi connectivity index (χ2n) is 5.26. The minimum absolute atomic E-state index is 0. The van der Waals surface area contributed by atoms with Gasteiger partial charge in [0.05, 0.1) is 0 Å². The van der Waals surface area contributed by atoms with Crippen LogP contribution in [-0.2, 0) is 14.4 Å². The topological polar surface area (TPSA) is 158 Å². The summed E-state index contributed by atoms with van der Waals surface area (Å²) >= 11 is 2.37. The number of β-lactam (4-membered cyclic amide) rings is 1. The average Bonchev–Trinajstić information content (AvgIpc) is 3.04. The number of allylic oxidation sites excluding steroid dienone is 1. The van der Waals surface area contributed by atoms with Gasteiger partial charge in [-0.2, -0.15) is 0 Å². The molecule has 0 unspecified atom stereocenters. The second-order valence-corrected chi connectivity index (χ2v) is 7.26. The van der Waals surface area contributed by atoms with Crippen molar-refractivity contribution in [2.75, 3.05) is 11.5 Å². The minimum Gasteiger partial charge on any atom is -0.477 e. The predicted octanol–water partition coefficient (Wildman–Crippen LogP) is -0.553. The van der Waals surface area contributed by atoms with Crippen LogP contribution in [0.3, 0.4) is 0 Å². The Labute approximate surface area is 220 Å². The number of carbonyl (C=O) groups is 3. The molecule has 2 aliphatic heterocycles. The number of aliphatic carboxylic acids is 1. The maximum absolute atomic E-state index is 12.4. The monoisotopic (exact) mass is 528 g/mol. The Bertz CT molecular complexity index is 883. The number of rotatable bonds is 5. The SMILES string of the molecule is C=CC1=C(C(=O)O)N2C(=O)[C@@H](NC(=O)/C(=N/O)c3csc(N)n3)[C@H]2SC1.[Cs]. The van der Waals surface area contributed by atoms with Gasteiger partial charge >= 0.3 is 5.97 Å². The predicted molar refractivity (Wildman–Crippen MR) is 100 cm³/mol. The van der Waals surface area contributed by atoms with Crippen LogP contribution < -0.4 is 11.1 Å². The number of hydrogen-bond acceptors (Lipinski definition) is 9. The van der Waals surface area contributed by atoms with Crippen molar-refractivity contribution in [2.24, 2.45) is 5.16 Å². The van der Waals surface area contributed by atoms with E-state index >= 15 is 0 Å². The largest absolute Gasteiger partial charge is 0.477 e. The van der Waals surface area contributed by atoms with Crippen molar-refractivity contribution in [2.45, 2.75) is 11.4 Å². The van der Waals surface area contributed by atoms with Gasteiger partial charge in [-0.15, -0.1) is 23.1 Å². The second kappa shape index (κ2) is 9.13. The number of carboxylic acid groups (broad SMARTS) is 1. The Morgan fingerprint density at radius 2 is 2.22 bits per heavy atom. The first-order valence-electron chi connectivity index (χ1n) is 7.16. The maximum atomic E-state index is 12.4. The van der Waals surface area contributed by atoms with E-state index < -0.39 is 29.2 Å². The molecule has 2 atom stereocenters. The van der Waals surface area contributed by atoms with Gasteiger partial charge in [-0.25, -0.2) is 9.78 Å². The number of hydrogen-bond donors (Lipinski definition) is 4. The van der Waals surface area contributed by atoms with Gasteiger partial charge < -0.3 is 21.4 Å². The number of thioether (sulfide) groups is 1. The van der Waals surface area contributed by atoms with Crippen LogP contribution in [0.25, 0.3) is 0 Å². The van der Waals surface area contributed by atoms with Crippen LogP contribution >= 0.6 is 23.1 Å². The van der Waals surface area contributed by atoms with Crippen LogP contribution in [0.1, 0.15) is 5.69 Å². The van der Waals surface area contributed by atoms with Gasteiger partial charge in [0.25, 0.3) is 11.8 Å². The zero-order chi connectivity index (χ0) is 19.0. The quantitative estimate of drug-likeness (QED) is 0.172. The van der Waals surface area contributed by atoms with Gasteiger partial charge in [-0.3, -0.25) is 14.5 Å². The molecule has 137 valence electrons. The van der Waals surface area contributed by atoms with E-state index in [1.165, 1.54) is 23.2 Å². The summed E-state index contributed by atoms with van der Waals surface area (Å²) in [4.78, 5) is 41.2. The fourth-order valence-corrected chi connectivity index (χ4v) is 4.51. The summed E-state index contributed by atoms with van der Waals surface area (Å²) in [5.41, 5.74) is 5.49. The van der Waals surface area contributed by atoms with Gasteiger partial charge in [0.15, 0.2) is 10.8 Å². The number of carboxylic acids is 1. The molecule has 10 nitrogen and oxygen atoms in total. The normalized spacial score (nSPS) is 21.7. The molecule has 27 heavy (non-hydrogen) atoms. The number of nitrogens with two attached hydrogens (primary N) is 1. The van der Waals surface area contributed by atoms with Crippen molar-refractivity contribution >= 4 is 121 Å². The smallest absolute Gasteiger partial charge is 0.352 e. The number of carbonyl (C=O) groups excluding carboxylic acids is 2. The zero-order valence-electron chi connectivity index (χ0n) is 14.1. The van der Waals surface area contributed by atoms with E-state index in [2.05, 4.69) is 22.0 Å². The molecule has 0 spiro atoms. The molecule has 1 aromatic rings. The Hall–Kier alpha value is -0.808. The van der Waals surface area contributed by atoms with Crippen molar-refractivity contribution in [3.05, 3.63) is 35.0 Å². The number of aromatic nitrogens is 1. The standard InChI is InChI=1S/C14H13N5O5S2.Cs/c1-2-5-3-25-12-8(11(21)19(12)9(5)13(22)23)17-10(20)7(18-24)6-4-26-14(15)16-6;/h2,4,8,12,24H,1,3H2,(H2,15,16)(H,17,20)(H,22,23);/b18-7+;/t8-,12-;/m1./s1. The van der Waals surface area contributed by atoms with Crippen molar-refractivity contribution in [3.63, 3.8) is 0 Å². The molecule has 0 bridgehead atoms. The average molecular weight is 528 g/mol. The van der Waals surface area contributed by atoms with E-state index in [9.17, 15) is 19.5 Å². The van der Waals surface area contributed by atoms with Gasteiger partial charge in [-0.1, -0.05) is 17.8 Å². The van der Waals surface area contributed by atoms with Crippen LogP contribution in [-0.4, -0.2) is 130 Å². The van der Waals surface area contributed by atoms with Crippen LogP contribution in [0.15, 0.2) is 34.5 Å². The minimum atomic E-state index is -1.24. The van der Waals surface area contributed by atoms with Crippen molar-refractivity contribution in [1.82, 2.24) is 15.2 Å². The Kier molecular flexibility index (Phi) is 7.60. The number of nitrogens with one attached hydrogen (secondary N) is 1. The number of fused-ring (bicyclic) bond motifs is 1. The molecule has 3 heterocycles. The van der Waals surface area contributed by atoms with E-state index in [0.717, 1.165) is 16.2 Å². The molecular weight excluding hydrogens is 515 g/mol. The molecule has 0 saturated carbocycles. The fourth-order valence-electron chi connectivity index (χ4n) is 2.62. The van der Waals surface area contributed by atoms with Crippen molar-refractivity contribution in [3.8, 4) is 0 Å². The molecule has 13 heteroatoms. The molecule has 2 aliphatic rings. The Morgan fingerprint density at radius 3 is 2.74 bits per heavy atom. The van der Waals surface area contributed by atoms with E-state index in [1.54, 1.807) is 0 Å². The first-order chi connectivity index (χ1) is 12.4. The number of anilines is 1.